The molecule has 0 bridgehead atoms. The minimum atomic E-state index is -0.373. The Hall–Kier alpha value is -4.45. The molecule has 0 atom stereocenters. The molecule has 0 saturated carbocycles. The van der Waals surface area contributed by atoms with Gasteiger partial charge in [-0.1, -0.05) is 0 Å². The van der Waals surface area contributed by atoms with Crippen LogP contribution in [0, 0.1) is 5.82 Å². The zero-order chi connectivity index (χ0) is 28.8. The number of nitrogens with zero attached hydrogens (tertiary/aromatic N) is 5. The van der Waals surface area contributed by atoms with E-state index in [1.165, 1.54) is 6.07 Å². The van der Waals surface area contributed by atoms with Gasteiger partial charge in [0.15, 0.2) is 5.76 Å². The standard InChI is InChI=1S/C29H33F2N7O3/c1-4-32-29-36-26(19-15-21(39-2)18-22(16-19)40-3)27(41-29)24-7-9-33-28(35-24)34-20-5-6-25(23(31)17-20)38-13-11-37(10-8-30)12-14-38/h5-7,9,15-18H,4,8,10-14H2,1-3H3,(H,32,36)(H,33,34,35). The maximum Gasteiger partial charge on any atom is 0.295 e. The van der Waals surface area contributed by atoms with Crippen molar-refractivity contribution in [2.75, 3.05) is 75.7 Å². The van der Waals surface area contributed by atoms with Gasteiger partial charge in [-0.2, -0.15) is 4.98 Å². The molecule has 41 heavy (non-hydrogen) atoms. The average Bonchev–Trinajstić information content (AvgIpc) is 3.42. The van der Waals surface area contributed by atoms with Crippen molar-refractivity contribution in [3.05, 3.63) is 54.5 Å². The van der Waals surface area contributed by atoms with Crippen LogP contribution in [0.25, 0.3) is 22.7 Å². The Morgan fingerprint density at radius 3 is 2.39 bits per heavy atom. The second-order valence-corrected chi connectivity index (χ2v) is 9.40. The van der Waals surface area contributed by atoms with Crippen molar-refractivity contribution in [3.63, 3.8) is 0 Å². The molecule has 5 rings (SSSR count). The number of rotatable bonds is 11. The molecule has 0 unspecified atom stereocenters. The Labute approximate surface area is 237 Å². The lowest BCUT2D eigenvalue weighted by Gasteiger charge is -2.35. The van der Waals surface area contributed by atoms with Crippen LogP contribution in [0.15, 0.2) is 53.1 Å². The summed E-state index contributed by atoms with van der Waals surface area (Å²) >= 11 is 0. The first-order valence-corrected chi connectivity index (χ1v) is 13.4. The molecular formula is C29H33F2N7O3. The third-order valence-electron chi connectivity index (χ3n) is 6.79. The number of oxazole rings is 1. The minimum Gasteiger partial charge on any atom is -0.497 e. The summed E-state index contributed by atoms with van der Waals surface area (Å²) in [6.07, 6.45) is 1.59. The zero-order valence-electron chi connectivity index (χ0n) is 23.3. The Morgan fingerprint density at radius 2 is 1.73 bits per heavy atom. The number of aromatic nitrogens is 3. The van der Waals surface area contributed by atoms with Gasteiger partial charge in [-0.3, -0.25) is 4.90 Å². The maximum atomic E-state index is 15.1. The molecule has 2 aromatic carbocycles. The van der Waals surface area contributed by atoms with Crippen LogP contribution in [-0.2, 0) is 0 Å². The monoisotopic (exact) mass is 565 g/mol. The normalized spacial score (nSPS) is 13.7. The first-order valence-electron chi connectivity index (χ1n) is 13.4. The predicted molar refractivity (Wildman–Crippen MR) is 155 cm³/mol. The number of anilines is 4. The second kappa shape index (κ2) is 12.8. The number of hydrogen-bond acceptors (Lipinski definition) is 10. The third-order valence-corrected chi connectivity index (χ3v) is 6.79. The van der Waals surface area contributed by atoms with Crippen molar-refractivity contribution >= 4 is 23.3 Å². The largest absolute Gasteiger partial charge is 0.497 e. The van der Waals surface area contributed by atoms with Crippen LogP contribution in [0.5, 0.6) is 11.5 Å². The number of alkyl halides is 1. The molecule has 0 spiro atoms. The van der Waals surface area contributed by atoms with E-state index in [0.29, 0.717) is 85.3 Å². The van der Waals surface area contributed by atoms with Crippen LogP contribution < -0.4 is 25.0 Å². The van der Waals surface area contributed by atoms with E-state index < -0.39 is 0 Å². The lowest BCUT2D eigenvalue weighted by atomic mass is 10.1. The highest BCUT2D eigenvalue weighted by Crippen LogP contribution is 2.37. The number of ether oxygens (including phenoxy) is 2. The van der Waals surface area contributed by atoms with Crippen LogP contribution >= 0.6 is 0 Å². The Kier molecular flexibility index (Phi) is 8.78. The van der Waals surface area contributed by atoms with Gasteiger partial charge in [0.2, 0.25) is 5.95 Å². The van der Waals surface area contributed by atoms with Crippen LogP contribution in [0.4, 0.5) is 32.1 Å². The SMILES string of the molecule is CCNc1nc(-c2cc(OC)cc(OC)c2)c(-c2ccnc(Nc3ccc(N4CCN(CCF)CC4)c(F)c3)n2)o1. The number of benzene rings is 2. The van der Waals surface area contributed by atoms with Gasteiger partial charge < -0.3 is 29.4 Å². The molecule has 1 aliphatic heterocycles. The molecule has 2 aromatic heterocycles. The van der Waals surface area contributed by atoms with Gasteiger partial charge >= 0.3 is 0 Å². The van der Waals surface area contributed by atoms with E-state index in [2.05, 4.69) is 25.6 Å². The summed E-state index contributed by atoms with van der Waals surface area (Å²) in [4.78, 5) is 17.6. The molecule has 10 nitrogen and oxygen atoms in total. The van der Waals surface area contributed by atoms with Crippen molar-refractivity contribution in [1.29, 1.82) is 0 Å². The van der Waals surface area contributed by atoms with Crippen molar-refractivity contribution in [2.45, 2.75) is 6.92 Å². The van der Waals surface area contributed by atoms with Crippen LogP contribution in [-0.4, -0.2) is 80.0 Å². The number of methoxy groups -OCH3 is 2. The summed E-state index contributed by atoms with van der Waals surface area (Å²) in [7, 11) is 3.16. The summed E-state index contributed by atoms with van der Waals surface area (Å²) in [5.41, 5.74) is 2.77. The molecule has 1 saturated heterocycles. The van der Waals surface area contributed by atoms with Crippen molar-refractivity contribution in [2.24, 2.45) is 0 Å². The van der Waals surface area contributed by atoms with Gasteiger partial charge in [0.1, 0.15) is 35.4 Å². The Bertz CT molecular complexity index is 1450. The van der Waals surface area contributed by atoms with E-state index in [9.17, 15) is 4.39 Å². The maximum absolute atomic E-state index is 15.1. The fourth-order valence-electron chi connectivity index (χ4n) is 4.71. The fourth-order valence-corrected chi connectivity index (χ4v) is 4.71. The summed E-state index contributed by atoms with van der Waals surface area (Å²) in [5.74, 6) is 1.55. The Morgan fingerprint density at radius 1 is 0.976 bits per heavy atom. The van der Waals surface area contributed by atoms with E-state index in [1.807, 2.05) is 28.9 Å². The first kappa shape index (κ1) is 28.1. The van der Waals surface area contributed by atoms with Gasteiger partial charge in [-0.05, 0) is 43.3 Å². The molecule has 0 amide bonds. The van der Waals surface area contributed by atoms with E-state index in [-0.39, 0.29) is 18.4 Å². The molecular weight excluding hydrogens is 532 g/mol. The van der Waals surface area contributed by atoms with Crippen LogP contribution in [0.2, 0.25) is 0 Å². The predicted octanol–water partition coefficient (Wildman–Crippen LogP) is 5.22. The van der Waals surface area contributed by atoms with Gasteiger partial charge in [0.05, 0.1) is 19.9 Å². The molecule has 0 aliphatic carbocycles. The summed E-state index contributed by atoms with van der Waals surface area (Å²) in [6.45, 7) is 5.29. The lowest BCUT2D eigenvalue weighted by molar-refractivity contribution is 0.235. The van der Waals surface area contributed by atoms with Gasteiger partial charge in [0.25, 0.3) is 6.01 Å². The Balaban J connectivity index is 1.39. The quantitative estimate of drug-likeness (QED) is 0.252. The smallest absolute Gasteiger partial charge is 0.295 e. The van der Waals surface area contributed by atoms with Crippen LogP contribution in [0.1, 0.15) is 6.92 Å². The number of piperazine rings is 1. The molecule has 1 fully saturated rings. The van der Waals surface area contributed by atoms with Gasteiger partial charge in [0, 0.05) is 62.8 Å². The highest BCUT2D eigenvalue weighted by molar-refractivity contribution is 5.78. The van der Waals surface area contributed by atoms with Crippen molar-refractivity contribution < 1.29 is 22.7 Å². The van der Waals surface area contributed by atoms with E-state index in [0.717, 1.165) is 5.56 Å². The average molecular weight is 566 g/mol. The minimum absolute atomic E-state index is 0.269. The molecule has 0 radical (unpaired) electrons. The molecule has 1 aliphatic rings. The highest BCUT2D eigenvalue weighted by atomic mass is 19.1. The van der Waals surface area contributed by atoms with Crippen molar-refractivity contribution in [3.8, 4) is 34.2 Å². The molecule has 3 heterocycles. The summed E-state index contributed by atoms with van der Waals surface area (Å²) in [6, 6.07) is 12.5. The van der Waals surface area contributed by atoms with E-state index >= 15 is 4.39 Å². The van der Waals surface area contributed by atoms with Gasteiger partial charge in [-0.15, -0.1) is 0 Å². The lowest BCUT2D eigenvalue weighted by Crippen LogP contribution is -2.47. The second-order valence-electron chi connectivity index (χ2n) is 9.40. The number of hydrogen-bond donors (Lipinski definition) is 2. The first-order chi connectivity index (χ1) is 20.0. The summed E-state index contributed by atoms with van der Waals surface area (Å²) in [5, 5.41) is 6.19. The van der Waals surface area contributed by atoms with Gasteiger partial charge in [-0.25, -0.2) is 18.7 Å². The third kappa shape index (κ3) is 6.49. The van der Waals surface area contributed by atoms with Crippen molar-refractivity contribution in [1.82, 2.24) is 19.9 Å². The van der Waals surface area contributed by atoms with Crippen LogP contribution in [0.3, 0.4) is 0 Å². The molecule has 2 N–H and O–H groups in total. The van der Waals surface area contributed by atoms with E-state index in [4.69, 9.17) is 13.9 Å². The molecule has 216 valence electrons. The number of halogens is 2. The highest BCUT2D eigenvalue weighted by Gasteiger charge is 2.22. The summed E-state index contributed by atoms with van der Waals surface area (Å²) < 4.78 is 44.7. The molecule has 12 heteroatoms. The van der Waals surface area contributed by atoms with E-state index in [1.54, 1.807) is 44.7 Å². The topological polar surface area (TPSA) is 101 Å². The zero-order valence-corrected chi connectivity index (χ0v) is 23.3. The fraction of sp³-hybridized carbons (Fsp3) is 0.345. The number of nitrogens with one attached hydrogen (secondary N) is 2. The molecule has 4 aromatic rings.